The van der Waals surface area contributed by atoms with E-state index in [2.05, 4.69) is 21.4 Å². The first-order valence-corrected chi connectivity index (χ1v) is 16.4. The average Bonchev–Trinajstić information content (AvgIpc) is 2.99. The summed E-state index contributed by atoms with van der Waals surface area (Å²) in [5.41, 5.74) is 3.86. The number of nitrogens with one attached hydrogen (secondary N) is 4. The fraction of sp³-hybridized carbons (Fsp3) is 0.697. The molecular weight excluding hydrogens is 578 g/mol. The van der Waals surface area contributed by atoms with E-state index in [1.54, 1.807) is 18.9 Å². The summed E-state index contributed by atoms with van der Waals surface area (Å²) in [5.74, 6) is -1.00. The number of aliphatic hydroxyl groups is 1. The number of benzene rings is 1. The maximum Gasteiger partial charge on any atom is 0.407 e. The molecule has 4 atom stereocenters. The van der Waals surface area contributed by atoms with Crippen LogP contribution < -0.4 is 21.4 Å². The number of aliphatic hydroxyl groups excluding tert-OH is 1. The molecule has 4 amide bonds. The third-order valence-corrected chi connectivity index (χ3v) is 7.97. The molecule has 1 aromatic carbocycles. The molecule has 12 nitrogen and oxygen atoms in total. The van der Waals surface area contributed by atoms with Crippen molar-refractivity contribution in [3.05, 3.63) is 35.9 Å². The van der Waals surface area contributed by atoms with Crippen molar-refractivity contribution in [2.24, 2.45) is 17.8 Å². The summed E-state index contributed by atoms with van der Waals surface area (Å²) < 4.78 is 10.0. The molecule has 2 rings (SSSR count). The zero-order chi connectivity index (χ0) is 33.4. The molecule has 0 spiro atoms. The van der Waals surface area contributed by atoms with Crippen molar-refractivity contribution in [2.45, 2.75) is 104 Å². The second kappa shape index (κ2) is 19.9. The molecule has 0 aromatic heterocycles. The minimum absolute atomic E-state index is 0.0297. The van der Waals surface area contributed by atoms with E-state index < -0.39 is 48.2 Å². The molecule has 0 heterocycles. The standard InChI is InChI=1S/C33H55N5O7/c1-7-44-32(42)35-28(22(3)4)30(40)34-26(19-24-15-11-9-12-16-24)27(39)21-38(20-25-17-13-10-14-18-25)37-31(41)29(23(5)6)36-33(43)45-8-2/h9,11-12,15-16,22-23,25-29,39H,7-8,10,13-14,17-21H2,1-6H3,(H,34,40)(H,35,42)(H,36,43)(H,37,41)/t26-,27-,28-,29-/m0/s1. The van der Waals surface area contributed by atoms with Gasteiger partial charge >= 0.3 is 12.2 Å². The fourth-order valence-electron chi connectivity index (χ4n) is 5.52. The average molecular weight is 634 g/mol. The van der Waals surface area contributed by atoms with Crippen molar-refractivity contribution in [3.63, 3.8) is 0 Å². The molecule has 0 aliphatic heterocycles. The second-order valence-electron chi connectivity index (χ2n) is 12.4. The molecule has 1 saturated carbocycles. The zero-order valence-electron chi connectivity index (χ0n) is 27.8. The Balaban J connectivity index is 2.30. The Bertz CT molecular complexity index is 1050. The lowest BCUT2D eigenvalue weighted by Crippen LogP contribution is -2.60. The topological polar surface area (TPSA) is 158 Å². The van der Waals surface area contributed by atoms with Crippen LogP contribution in [0, 0.1) is 17.8 Å². The third kappa shape index (κ3) is 13.7. The minimum Gasteiger partial charge on any atom is -0.450 e. The van der Waals surface area contributed by atoms with Gasteiger partial charge in [0.05, 0.1) is 25.4 Å². The van der Waals surface area contributed by atoms with Crippen LogP contribution in [0.4, 0.5) is 9.59 Å². The maximum atomic E-state index is 13.5. The highest BCUT2D eigenvalue weighted by Gasteiger charge is 2.32. The molecule has 45 heavy (non-hydrogen) atoms. The van der Waals surface area contributed by atoms with E-state index in [-0.39, 0.29) is 31.6 Å². The molecule has 0 radical (unpaired) electrons. The smallest absolute Gasteiger partial charge is 0.407 e. The second-order valence-corrected chi connectivity index (χ2v) is 12.4. The van der Waals surface area contributed by atoms with E-state index in [0.717, 1.165) is 31.2 Å². The normalized spacial score (nSPS) is 16.4. The number of amides is 4. The van der Waals surface area contributed by atoms with Crippen LogP contribution in [0.2, 0.25) is 0 Å². The summed E-state index contributed by atoms with van der Waals surface area (Å²) in [6, 6.07) is 7.02. The lowest BCUT2D eigenvalue weighted by atomic mass is 9.89. The van der Waals surface area contributed by atoms with Gasteiger partial charge in [-0.1, -0.05) is 77.3 Å². The first-order valence-electron chi connectivity index (χ1n) is 16.4. The fourth-order valence-corrected chi connectivity index (χ4v) is 5.52. The highest BCUT2D eigenvalue weighted by molar-refractivity contribution is 5.86. The Morgan fingerprint density at radius 1 is 0.822 bits per heavy atom. The Hall–Kier alpha value is -3.38. The number of hydrazine groups is 1. The molecule has 0 bridgehead atoms. The van der Waals surface area contributed by atoms with Gasteiger partial charge in [0.15, 0.2) is 0 Å². The molecule has 254 valence electrons. The molecule has 0 unspecified atom stereocenters. The number of hydrogen-bond acceptors (Lipinski definition) is 8. The quantitative estimate of drug-likeness (QED) is 0.163. The molecule has 5 N–H and O–H groups in total. The summed E-state index contributed by atoms with van der Waals surface area (Å²) in [6.45, 7) is 11.6. The number of carbonyl (C=O) groups is 4. The Morgan fingerprint density at radius 3 is 1.87 bits per heavy atom. The summed E-state index contributed by atoms with van der Waals surface area (Å²) in [6.07, 6.45) is 3.26. The van der Waals surface area contributed by atoms with Gasteiger partial charge in [0.25, 0.3) is 5.91 Å². The number of alkyl carbamates (subject to hydrolysis) is 2. The summed E-state index contributed by atoms with van der Waals surface area (Å²) >= 11 is 0. The van der Waals surface area contributed by atoms with E-state index in [1.165, 1.54) is 6.42 Å². The van der Waals surface area contributed by atoms with E-state index in [9.17, 15) is 24.3 Å². The van der Waals surface area contributed by atoms with Gasteiger partial charge in [-0.15, -0.1) is 0 Å². The van der Waals surface area contributed by atoms with Crippen molar-refractivity contribution in [3.8, 4) is 0 Å². The van der Waals surface area contributed by atoms with Gasteiger partial charge in [0.2, 0.25) is 5.91 Å². The molecule has 0 saturated heterocycles. The lowest BCUT2D eigenvalue weighted by Gasteiger charge is -2.35. The van der Waals surface area contributed by atoms with Crippen molar-refractivity contribution < 1.29 is 33.8 Å². The lowest BCUT2D eigenvalue weighted by molar-refractivity contribution is -0.131. The predicted molar refractivity (Wildman–Crippen MR) is 172 cm³/mol. The van der Waals surface area contributed by atoms with Crippen LogP contribution in [-0.2, 0) is 25.5 Å². The number of hydrogen-bond donors (Lipinski definition) is 5. The maximum absolute atomic E-state index is 13.5. The van der Waals surface area contributed by atoms with E-state index in [4.69, 9.17) is 9.47 Å². The van der Waals surface area contributed by atoms with Crippen LogP contribution in [0.25, 0.3) is 0 Å². The van der Waals surface area contributed by atoms with Crippen molar-refractivity contribution in [1.82, 2.24) is 26.4 Å². The molecule has 1 aromatic rings. The van der Waals surface area contributed by atoms with Crippen LogP contribution in [0.3, 0.4) is 0 Å². The third-order valence-electron chi connectivity index (χ3n) is 7.97. The van der Waals surface area contributed by atoms with Gasteiger partial charge in [-0.25, -0.2) is 14.6 Å². The van der Waals surface area contributed by atoms with E-state index >= 15 is 0 Å². The van der Waals surface area contributed by atoms with Crippen LogP contribution in [0.15, 0.2) is 30.3 Å². The minimum atomic E-state index is -1.09. The monoisotopic (exact) mass is 633 g/mol. The number of nitrogens with zero attached hydrogens (tertiary/aromatic N) is 1. The number of carbonyl (C=O) groups excluding carboxylic acids is 4. The summed E-state index contributed by atoms with van der Waals surface area (Å²) in [5, 5.41) is 21.6. The SMILES string of the molecule is CCOC(=O)N[C@H](C(=O)N[C@@H](Cc1ccccc1)[C@@H](O)CN(CC1CCCCC1)NC(=O)[C@@H](NC(=O)OCC)C(C)C)C(C)C. The zero-order valence-corrected chi connectivity index (χ0v) is 27.8. The van der Waals surface area contributed by atoms with E-state index in [1.807, 2.05) is 58.0 Å². The number of ether oxygens (including phenoxy) is 2. The van der Waals surface area contributed by atoms with Gasteiger partial charge in [-0.05, 0) is 56.4 Å². The van der Waals surface area contributed by atoms with Gasteiger partial charge < -0.3 is 30.5 Å². The van der Waals surface area contributed by atoms with Crippen LogP contribution in [0.5, 0.6) is 0 Å². The largest absolute Gasteiger partial charge is 0.450 e. The van der Waals surface area contributed by atoms with Gasteiger partial charge in [-0.3, -0.25) is 15.0 Å². The first kappa shape index (κ1) is 37.8. The molecule has 12 heteroatoms. The van der Waals surface area contributed by atoms with E-state index in [0.29, 0.717) is 18.9 Å². The highest BCUT2D eigenvalue weighted by atomic mass is 16.6. The summed E-state index contributed by atoms with van der Waals surface area (Å²) in [4.78, 5) is 51.3. The highest BCUT2D eigenvalue weighted by Crippen LogP contribution is 2.24. The Morgan fingerprint density at radius 2 is 1.36 bits per heavy atom. The van der Waals surface area contributed by atoms with Crippen LogP contribution >= 0.6 is 0 Å². The van der Waals surface area contributed by atoms with Gasteiger partial charge in [-0.2, -0.15) is 0 Å². The van der Waals surface area contributed by atoms with Crippen LogP contribution in [-0.4, -0.2) is 84.6 Å². The van der Waals surface area contributed by atoms with Crippen molar-refractivity contribution in [1.29, 1.82) is 0 Å². The molecule has 1 aliphatic rings. The molecule has 1 fully saturated rings. The van der Waals surface area contributed by atoms with Crippen LogP contribution in [0.1, 0.15) is 79.2 Å². The van der Waals surface area contributed by atoms with Crippen molar-refractivity contribution >= 4 is 24.0 Å². The Kier molecular flexibility index (Phi) is 16.7. The van der Waals surface area contributed by atoms with Gasteiger partial charge in [0, 0.05) is 13.1 Å². The van der Waals surface area contributed by atoms with Gasteiger partial charge in [0.1, 0.15) is 12.1 Å². The molecule has 1 aliphatic carbocycles. The summed E-state index contributed by atoms with van der Waals surface area (Å²) in [7, 11) is 0. The van der Waals surface area contributed by atoms with Crippen molar-refractivity contribution in [2.75, 3.05) is 26.3 Å². The predicted octanol–water partition coefficient (Wildman–Crippen LogP) is 3.53. The molecular formula is C33H55N5O7. The first-order chi connectivity index (χ1) is 21.4. The number of rotatable bonds is 17. The Labute approximate surface area is 268 Å².